The van der Waals surface area contributed by atoms with Crippen LogP contribution in [0.4, 0.5) is 0 Å². The highest BCUT2D eigenvalue weighted by molar-refractivity contribution is 5.37. The molecule has 1 heteroatoms. The first kappa shape index (κ1) is 14.3. The average molecular weight is 280 g/mol. The molecular weight excluding hydrogens is 256 g/mol. The predicted molar refractivity (Wildman–Crippen MR) is 87.2 cm³/mol. The Balaban J connectivity index is 2.06. The van der Waals surface area contributed by atoms with Crippen molar-refractivity contribution in [3.8, 4) is 0 Å². The van der Waals surface area contributed by atoms with E-state index in [1.807, 2.05) is 0 Å². The molecule has 3 rings (SSSR count). The van der Waals surface area contributed by atoms with E-state index in [2.05, 4.69) is 81.4 Å². The van der Waals surface area contributed by atoms with Crippen LogP contribution in [0.2, 0.25) is 0 Å². The minimum Gasteiger partial charge on any atom is -0.365 e. The van der Waals surface area contributed by atoms with Gasteiger partial charge in [0.2, 0.25) is 0 Å². The van der Waals surface area contributed by atoms with Crippen LogP contribution < -0.4 is 0 Å². The van der Waals surface area contributed by atoms with Crippen LogP contribution in [-0.4, -0.2) is 6.61 Å². The van der Waals surface area contributed by atoms with Gasteiger partial charge in [-0.15, -0.1) is 0 Å². The van der Waals surface area contributed by atoms with Gasteiger partial charge in [-0.25, -0.2) is 0 Å². The van der Waals surface area contributed by atoms with Crippen molar-refractivity contribution in [3.05, 3.63) is 71.8 Å². The number of ether oxygens (including phenoxy) is 1. The Hall–Kier alpha value is -1.60. The molecule has 1 atom stereocenters. The number of benzene rings is 2. The molecule has 0 radical (unpaired) electrons. The van der Waals surface area contributed by atoms with E-state index in [4.69, 9.17) is 4.74 Å². The molecule has 1 aliphatic heterocycles. The molecule has 0 spiro atoms. The first-order valence-electron chi connectivity index (χ1n) is 7.77. The maximum absolute atomic E-state index is 6.45. The molecule has 0 amide bonds. The first-order chi connectivity index (χ1) is 10.0. The molecule has 0 saturated carbocycles. The second-order valence-electron chi connectivity index (χ2n) is 7.14. The monoisotopic (exact) mass is 280 g/mol. The summed E-state index contributed by atoms with van der Waals surface area (Å²) < 4.78 is 6.45. The van der Waals surface area contributed by atoms with E-state index in [-0.39, 0.29) is 11.0 Å². The molecule has 1 unspecified atom stereocenters. The molecular formula is C20H24O. The van der Waals surface area contributed by atoms with Crippen LogP contribution >= 0.6 is 0 Å². The number of rotatable bonds is 2. The summed E-state index contributed by atoms with van der Waals surface area (Å²) in [5, 5.41) is 0. The van der Waals surface area contributed by atoms with Crippen molar-refractivity contribution in [2.24, 2.45) is 11.3 Å². The lowest BCUT2D eigenvalue weighted by molar-refractivity contribution is 0.0317. The molecule has 1 heterocycles. The minimum atomic E-state index is -0.291. The third-order valence-corrected chi connectivity index (χ3v) is 4.77. The second kappa shape index (κ2) is 5.31. The molecule has 21 heavy (non-hydrogen) atoms. The normalized spacial score (nSPS) is 21.4. The average Bonchev–Trinajstić information content (AvgIpc) is 2.96. The quantitative estimate of drug-likeness (QED) is 0.751. The SMILES string of the molecule is CC(C)(C)C1COC(c2ccccc2)(c2ccccc2)C1. The fourth-order valence-electron chi connectivity index (χ4n) is 3.25. The summed E-state index contributed by atoms with van der Waals surface area (Å²) in [7, 11) is 0. The van der Waals surface area contributed by atoms with Crippen molar-refractivity contribution >= 4 is 0 Å². The van der Waals surface area contributed by atoms with E-state index in [1.54, 1.807) is 0 Å². The highest BCUT2D eigenvalue weighted by atomic mass is 16.5. The Bertz CT molecular complexity index is 541. The van der Waals surface area contributed by atoms with Crippen LogP contribution in [0.3, 0.4) is 0 Å². The van der Waals surface area contributed by atoms with Gasteiger partial charge in [0, 0.05) is 0 Å². The minimum absolute atomic E-state index is 0.269. The Labute approximate surface area is 128 Å². The number of hydrogen-bond donors (Lipinski definition) is 0. The molecule has 0 aliphatic carbocycles. The van der Waals surface area contributed by atoms with Gasteiger partial charge >= 0.3 is 0 Å². The van der Waals surface area contributed by atoms with Crippen molar-refractivity contribution in [1.82, 2.24) is 0 Å². The molecule has 1 aliphatic rings. The largest absolute Gasteiger partial charge is 0.365 e. The van der Waals surface area contributed by atoms with E-state index < -0.39 is 0 Å². The Morgan fingerprint density at radius 3 is 1.71 bits per heavy atom. The van der Waals surface area contributed by atoms with Crippen LogP contribution in [0, 0.1) is 11.3 Å². The molecule has 0 bridgehead atoms. The van der Waals surface area contributed by atoms with Crippen LogP contribution in [0.1, 0.15) is 38.3 Å². The smallest absolute Gasteiger partial charge is 0.118 e. The van der Waals surface area contributed by atoms with Gasteiger partial charge in [0.25, 0.3) is 0 Å². The molecule has 1 nitrogen and oxygen atoms in total. The van der Waals surface area contributed by atoms with Crippen molar-refractivity contribution in [3.63, 3.8) is 0 Å². The van der Waals surface area contributed by atoms with Crippen LogP contribution in [0.15, 0.2) is 60.7 Å². The third-order valence-electron chi connectivity index (χ3n) is 4.77. The highest BCUT2D eigenvalue weighted by Crippen LogP contribution is 2.49. The summed E-state index contributed by atoms with van der Waals surface area (Å²) in [4.78, 5) is 0. The van der Waals surface area contributed by atoms with E-state index in [0.29, 0.717) is 5.92 Å². The van der Waals surface area contributed by atoms with Crippen LogP contribution in [-0.2, 0) is 10.3 Å². The maximum Gasteiger partial charge on any atom is 0.118 e. The lowest BCUT2D eigenvalue weighted by Crippen LogP contribution is -2.28. The van der Waals surface area contributed by atoms with Crippen molar-refractivity contribution in [2.45, 2.75) is 32.8 Å². The summed E-state index contributed by atoms with van der Waals surface area (Å²) in [6.45, 7) is 7.76. The zero-order valence-electron chi connectivity index (χ0n) is 13.2. The van der Waals surface area contributed by atoms with Gasteiger partial charge in [-0.1, -0.05) is 81.4 Å². The van der Waals surface area contributed by atoms with Crippen LogP contribution in [0.25, 0.3) is 0 Å². The second-order valence-corrected chi connectivity index (χ2v) is 7.14. The zero-order valence-corrected chi connectivity index (χ0v) is 13.2. The van der Waals surface area contributed by atoms with Gasteiger partial charge < -0.3 is 4.74 Å². The molecule has 1 saturated heterocycles. The standard InChI is InChI=1S/C20H24O/c1-19(2,3)18-14-20(21-15-18,16-10-6-4-7-11-16)17-12-8-5-9-13-17/h4-13,18H,14-15H2,1-3H3. The topological polar surface area (TPSA) is 9.23 Å². The van der Waals surface area contributed by atoms with Crippen molar-refractivity contribution in [2.75, 3.05) is 6.61 Å². The number of hydrogen-bond acceptors (Lipinski definition) is 1. The lowest BCUT2D eigenvalue weighted by atomic mass is 9.73. The van der Waals surface area contributed by atoms with Gasteiger partial charge in [0.05, 0.1) is 6.61 Å². The summed E-state index contributed by atoms with van der Waals surface area (Å²) in [6.07, 6.45) is 1.05. The van der Waals surface area contributed by atoms with Gasteiger partial charge in [-0.2, -0.15) is 0 Å². The van der Waals surface area contributed by atoms with Crippen molar-refractivity contribution < 1.29 is 4.74 Å². The van der Waals surface area contributed by atoms with E-state index in [0.717, 1.165) is 13.0 Å². The Morgan fingerprint density at radius 1 is 0.857 bits per heavy atom. The molecule has 110 valence electrons. The van der Waals surface area contributed by atoms with E-state index in [1.165, 1.54) is 11.1 Å². The summed E-state index contributed by atoms with van der Waals surface area (Å²) >= 11 is 0. The summed E-state index contributed by atoms with van der Waals surface area (Å²) in [5.41, 5.74) is 2.51. The van der Waals surface area contributed by atoms with Gasteiger partial charge in [-0.05, 0) is 28.9 Å². The Morgan fingerprint density at radius 2 is 1.33 bits per heavy atom. The van der Waals surface area contributed by atoms with Gasteiger partial charge in [0.1, 0.15) is 5.60 Å². The maximum atomic E-state index is 6.45. The predicted octanol–water partition coefficient (Wildman–Crippen LogP) is 5.01. The summed E-state index contributed by atoms with van der Waals surface area (Å²) in [6, 6.07) is 21.3. The fourth-order valence-corrected chi connectivity index (χ4v) is 3.25. The Kier molecular flexibility index (Phi) is 3.62. The first-order valence-corrected chi connectivity index (χ1v) is 7.77. The fraction of sp³-hybridized carbons (Fsp3) is 0.400. The molecule has 2 aromatic rings. The summed E-state index contributed by atoms with van der Waals surface area (Å²) in [5.74, 6) is 0.568. The van der Waals surface area contributed by atoms with Crippen molar-refractivity contribution in [1.29, 1.82) is 0 Å². The molecule has 0 N–H and O–H groups in total. The van der Waals surface area contributed by atoms with E-state index in [9.17, 15) is 0 Å². The third kappa shape index (κ3) is 2.63. The van der Waals surface area contributed by atoms with Gasteiger partial charge in [0.15, 0.2) is 0 Å². The highest BCUT2D eigenvalue weighted by Gasteiger charge is 2.46. The van der Waals surface area contributed by atoms with Gasteiger partial charge in [-0.3, -0.25) is 0 Å². The molecule has 1 fully saturated rings. The van der Waals surface area contributed by atoms with E-state index >= 15 is 0 Å². The molecule has 0 aromatic heterocycles. The van der Waals surface area contributed by atoms with Crippen LogP contribution in [0.5, 0.6) is 0 Å². The molecule has 2 aromatic carbocycles. The lowest BCUT2D eigenvalue weighted by Gasteiger charge is -2.31. The zero-order chi connectivity index (χ0) is 14.9.